The Morgan fingerprint density at radius 3 is 1.88 bits per heavy atom. The number of hydrogen-bond acceptors (Lipinski definition) is 14. The molecule has 186 valence electrons. The maximum absolute atomic E-state index is 11.6. The van der Waals surface area contributed by atoms with Crippen LogP contribution in [0.4, 0.5) is 9.59 Å². The topological polar surface area (TPSA) is 256 Å². The van der Waals surface area contributed by atoms with E-state index in [4.69, 9.17) is 40.8 Å². The molecule has 9 N–H and O–H groups in total. The maximum Gasteiger partial charge on any atom is 0.413 e. The Morgan fingerprint density at radius 1 is 0.844 bits per heavy atom. The van der Waals surface area contributed by atoms with Crippen LogP contribution in [0.3, 0.4) is 0 Å². The number of carboxylic acid groups (broad SMARTS) is 1. The molecule has 1 atom stereocenters. The number of carboxylic acids is 1. The third-order valence-electron chi connectivity index (χ3n) is 3.25. The lowest BCUT2D eigenvalue weighted by atomic mass is 10.1. The molecule has 18 nitrogen and oxygen atoms in total. The monoisotopic (exact) mass is 472 g/mol. The van der Waals surface area contributed by atoms with E-state index >= 15 is 0 Å². The number of nitrogens with one attached hydrogen (secondary N) is 4. The van der Waals surface area contributed by atoms with E-state index in [0.29, 0.717) is 0 Å². The summed E-state index contributed by atoms with van der Waals surface area (Å²) < 4.78 is 9.44. The van der Waals surface area contributed by atoms with Crippen LogP contribution in [0, 0.1) is 5.41 Å². The Hall–Kier alpha value is -2.84. The van der Waals surface area contributed by atoms with Gasteiger partial charge in [-0.15, -0.1) is 0 Å². The zero-order chi connectivity index (χ0) is 24.4. The molecular weight excluding hydrogens is 444 g/mol. The normalized spacial score (nSPS) is 11.7. The lowest BCUT2D eigenvalue weighted by Crippen LogP contribution is -2.43. The molecule has 0 aliphatic rings. The molecule has 0 saturated carbocycles. The molecule has 0 radical (unpaired) electrons. The predicted molar refractivity (Wildman–Crippen MR) is 97.3 cm³/mol. The fraction of sp³-hybridized carbons (Fsp3) is 0.714. The number of amides is 2. The van der Waals surface area contributed by atoms with Crippen molar-refractivity contribution < 1.29 is 59.5 Å². The minimum atomic E-state index is -1.30. The van der Waals surface area contributed by atoms with Gasteiger partial charge in [-0.3, -0.25) is 41.2 Å². The second kappa shape index (κ2) is 17.8. The van der Waals surface area contributed by atoms with Crippen molar-refractivity contribution in [1.29, 1.82) is 5.41 Å². The molecule has 0 aliphatic heterocycles. The van der Waals surface area contributed by atoms with Crippen molar-refractivity contribution in [3.05, 3.63) is 0 Å². The van der Waals surface area contributed by atoms with Crippen LogP contribution in [-0.2, 0) is 23.9 Å². The van der Waals surface area contributed by atoms with Gasteiger partial charge in [0.15, 0.2) is 5.96 Å². The second-order valence-electron chi connectivity index (χ2n) is 5.76. The number of alkyl carbamates (subject to hydrolysis) is 2. The number of hydrogen-bond donors (Lipinski definition) is 9. The third kappa shape index (κ3) is 18.0. The summed E-state index contributed by atoms with van der Waals surface area (Å²) in [6.45, 7) is -0.429. The summed E-state index contributed by atoms with van der Waals surface area (Å²) in [6.07, 6.45) is -1.42. The van der Waals surface area contributed by atoms with E-state index in [9.17, 15) is 14.4 Å². The van der Waals surface area contributed by atoms with E-state index in [1.165, 1.54) is 0 Å². The summed E-state index contributed by atoms with van der Waals surface area (Å²) in [6, 6.07) is -1.26. The Kier molecular flexibility index (Phi) is 16.2. The molecule has 0 spiro atoms. The minimum absolute atomic E-state index is 0.00497. The van der Waals surface area contributed by atoms with Gasteiger partial charge in [0.2, 0.25) is 0 Å². The van der Waals surface area contributed by atoms with E-state index in [1.807, 2.05) is 0 Å². The lowest BCUT2D eigenvalue weighted by molar-refractivity contribution is -0.493. The van der Waals surface area contributed by atoms with Gasteiger partial charge in [0.1, 0.15) is 6.04 Å². The van der Waals surface area contributed by atoms with Gasteiger partial charge in [-0.25, -0.2) is 14.4 Å². The highest BCUT2D eigenvalue weighted by molar-refractivity contribution is 5.91. The van der Waals surface area contributed by atoms with Crippen molar-refractivity contribution in [3.63, 3.8) is 0 Å². The van der Waals surface area contributed by atoms with Gasteiger partial charge < -0.3 is 25.2 Å². The number of guanidine groups is 1. The highest BCUT2D eigenvalue weighted by Gasteiger charge is 2.20. The molecule has 0 aromatic rings. The van der Waals surface area contributed by atoms with Crippen molar-refractivity contribution in [2.45, 2.75) is 31.7 Å². The lowest BCUT2D eigenvalue weighted by Gasteiger charge is -2.15. The first-order chi connectivity index (χ1) is 15.1. The molecule has 0 rings (SSSR count). The molecule has 0 aliphatic carbocycles. The summed E-state index contributed by atoms with van der Waals surface area (Å²) in [5.74, 6) is -1.69. The van der Waals surface area contributed by atoms with Crippen LogP contribution in [0.25, 0.3) is 0 Å². The highest BCUT2D eigenvalue weighted by Crippen LogP contribution is 1.99. The molecule has 0 heterocycles. The van der Waals surface area contributed by atoms with Crippen LogP contribution in [0.2, 0.25) is 0 Å². The molecule has 1 unspecified atom stereocenters. The fourth-order valence-corrected chi connectivity index (χ4v) is 1.88. The van der Waals surface area contributed by atoms with Gasteiger partial charge in [-0.2, -0.15) is 0 Å². The van der Waals surface area contributed by atoms with Crippen LogP contribution >= 0.6 is 0 Å². The molecule has 2 amide bonds. The van der Waals surface area contributed by atoms with Gasteiger partial charge in [-0.05, 0) is 12.8 Å². The zero-order valence-corrected chi connectivity index (χ0v) is 16.9. The molecule has 0 aromatic carbocycles. The fourth-order valence-electron chi connectivity index (χ4n) is 1.88. The van der Waals surface area contributed by atoms with Crippen LogP contribution in [0.15, 0.2) is 0 Å². The van der Waals surface area contributed by atoms with Gasteiger partial charge in [-0.1, -0.05) is 0 Å². The molecule has 32 heavy (non-hydrogen) atoms. The van der Waals surface area contributed by atoms with Crippen molar-refractivity contribution in [2.24, 2.45) is 0 Å². The van der Waals surface area contributed by atoms with E-state index < -0.39 is 40.9 Å². The summed E-state index contributed by atoms with van der Waals surface area (Å²) in [5.41, 5.74) is 0. The summed E-state index contributed by atoms with van der Waals surface area (Å²) in [4.78, 5) is 42.7. The number of carbonyl (C=O) groups is 3. The van der Waals surface area contributed by atoms with Gasteiger partial charge in [0.05, 0.1) is 37.2 Å². The highest BCUT2D eigenvalue weighted by atomic mass is 17.1. The molecule has 0 aromatic heterocycles. The number of aliphatic carboxylic acids is 1. The van der Waals surface area contributed by atoms with E-state index in [1.54, 1.807) is 0 Å². The Bertz CT molecular complexity index is 578. The smallest absolute Gasteiger partial charge is 0.413 e. The van der Waals surface area contributed by atoms with Crippen LogP contribution < -0.4 is 16.0 Å². The largest absolute Gasteiger partial charge is 0.480 e. The minimum Gasteiger partial charge on any atom is -0.480 e. The van der Waals surface area contributed by atoms with Crippen LogP contribution in [0.1, 0.15) is 25.7 Å². The summed E-state index contributed by atoms with van der Waals surface area (Å²) >= 11 is 0. The number of nitrogens with zero attached hydrogens (tertiary/aromatic N) is 2. The van der Waals surface area contributed by atoms with Crippen molar-refractivity contribution in [2.75, 3.05) is 33.0 Å². The SMILES string of the molecule is N=C(NCCCC(NC(=O)OCCCON(O)O)C(=O)O)NC(=O)OCCCON(O)O. The zero-order valence-electron chi connectivity index (χ0n) is 16.9. The van der Waals surface area contributed by atoms with Gasteiger partial charge >= 0.3 is 18.2 Å². The Balaban J connectivity index is 3.95. The number of ether oxygens (including phenoxy) is 2. The van der Waals surface area contributed by atoms with Gasteiger partial charge in [0, 0.05) is 19.4 Å². The Morgan fingerprint density at radius 2 is 1.38 bits per heavy atom. The van der Waals surface area contributed by atoms with Crippen molar-refractivity contribution in [1.82, 2.24) is 26.7 Å². The van der Waals surface area contributed by atoms with E-state index in [0.717, 1.165) is 0 Å². The molecule has 18 heteroatoms. The number of carbonyl (C=O) groups excluding carboxylic acids is 2. The molecule has 0 saturated heterocycles. The second-order valence-corrected chi connectivity index (χ2v) is 5.76. The predicted octanol–water partition coefficient (Wildman–Crippen LogP) is -0.999. The van der Waals surface area contributed by atoms with E-state index in [2.05, 4.69) is 25.6 Å². The van der Waals surface area contributed by atoms with Crippen LogP contribution in [0.5, 0.6) is 0 Å². The van der Waals surface area contributed by atoms with E-state index in [-0.39, 0.29) is 58.7 Å². The first-order valence-electron chi connectivity index (χ1n) is 9.15. The average molecular weight is 472 g/mol. The molecule has 0 bridgehead atoms. The third-order valence-corrected chi connectivity index (χ3v) is 3.25. The quantitative estimate of drug-likeness (QED) is 0.0565. The molecule has 0 fully saturated rings. The average Bonchev–Trinajstić information content (AvgIpc) is 2.69. The first kappa shape index (κ1) is 29.2. The van der Waals surface area contributed by atoms with Crippen molar-refractivity contribution >= 4 is 24.1 Å². The summed E-state index contributed by atoms with van der Waals surface area (Å²) in [7, 11) is 0. The Labute approximate surface area is 181 Å². The number of rotatable bonds is 16. The summed E-state index contributed by atoms with van der Waals surface area (Å²) in [5, 5.41) is 55.6. The molecular formula is C14H28N6O12. The maximum atomic E-state index is 11.6. The first-order valence-corrected chi connectivity index (χ1v) is 9.15. The standard InChI is InChI=1S/C14H28N6O12/c15-12(18-14(24)30-7-3-9-32-20(27)28)16-5-1-4-10(11(21)22)17-13(23)29-6-2-8-31-19(25)26/h10,25-28H,1-9H2,(H,17,23)(H,21,22)(H3,15,16,18,24). The van der Waals surface area contributed by atoms with Gasteiger partial charge in [0.25, 0.3) is 0 Å². The van der Waals surface area contributed by atoms with Crippen molar-refractivity contribution in [3.8, 4) is 0 Å². The van der Waals surface area contributed by atoms with Crippen LogP contribution in [-0.4, -0.2) is 99.8 Å².